The molecule has 1 saturated heterocycles. The lowest BCUT2D eigenvalue weighted by Crippen LogP contribution is -1.98. The maximum atomic E-state index is 8.55. The van der Waals surface area contributed by atoms with E-state index in [1.165, 1.54) is 12.8 Å². The summed E-state index contributed by atoms with van der Waals surface area (Å²) in [4.78, 5) is 0. The largest absolute Gasteiger partial charge is 0.394 e. The van der Waals surface area contributed by atoms with Gasteiger partial charge in [0.05, 0.1) is 12.7 Å². The van der Waals surface area contributed by atoms with Crippen molar-refractivity contribution in [2.24, 2.45) is 0 Å². The van der Waals surface area contributed by atoms with Crippen molar-refractivity contribution in [3.8, 4) is 0 Å². The van der Waals surface area contributed by atoms with Crippen LogP contribution in [0.2, 0.25) is 0 Å². The average Bonchev–Trinajstić information content (AvgIpc) is 2.62. The van der Waals surface area contributed by atoms with E-state index in [1.807, 2.05) is 0 Å². The molecule has 0 aliphatic carbocycles. The lowest BCUT2D eigenvalue weighted by molar-refractivity contribution is 0.241. The van der Waals surface area contributed by atoms with E-state index in [1.54, 1.807) is 0 Å². The quantitative estimate of drug-likeness (QED) is 0.574. The highest BCUT2D eigenvalue weighted by molar-refractivity contribution is 4.83. The van der Waals surface area contributed by atoms with E-state index < -0.39 is 0 Å². The van der Waals surface area contributed by atoms with Gasteiger partial charge in [0.2, 0.25) is 0 Å². The number of unbranched alkanes of at least 4 members (excludes halogenated alkanes) is 1. The molecule has 1 heterocycles. The number of rotatable bonds is 4. The van der Waals surface area contributed by atoms with E-state index in [4.69, 9.17) is 9.84 Å². The predicted octanol–water partition coefficient (Wildman–Crippen LogP) is 0.936. The number of aliphatic hydroxyl groups is 1. The van der Waals surface area contributed by atoms with Crippen molar-refractivity contribution < 1.29 is 9.84 Å². The second kappa shape index (κ2) is 3.18. The molecule has 0 unspecified atom stereocenters. The Bertz CT molecular complexity index is 83.0. The van der Waals surface area contributed by atoms with Crippen molar-refractivity contribution >= 4 is 0 Å². The molecule has 0 amide bonds. The maximum absolute atomic E-state index is 8.55. The Morgan fingerprint density at radius 1 is 1.44 bits per heavy atom. The molecule has 2 atom stereocenters. The van der Waals surface area contributed by atoms with Crippen LogP contribution in [0.1, 0.15) is 26.2 Å². The summed E-state index contributed by atoms with van der Waals surface area (Å²) in [6.45, 7) is 2.37. The second-order valence-electron chi connectivity index (χ2n) is 2.54. The fourth-order valence-corrected chi connectivity index (χ4v) is 0.999. The Balaban J connectivity index is 1.92. The fraction of sp³-hybridized carbons (Fsp3) is 1.00. The molecule has 1 aliphatic rings. The molecule has 0 aromatic rings. The van der Waals surface area contributed by atoms with Gasteiger partial charge in [-0.15, -0.1) is 0 Å². The number of ether oxygens (including phenoxy) is 1. The molecule has 0 aromatic heterocycles. The monoisotopic (exact) mass is 130 g/mol. The molecule has 9 heavy (non-hydrogen) atoms. The Morgan fingerprint density at radius 2 is 2.22 bits per heavy atom. The first-order valence-corrected chi connectivity index (χ1v) is 3.64. The van der Waals surface area contributed by atoms with Crippen LogP contribution in [0.5, 0.6) is 0 Å². The summed E-state index contributed by atoms with van der Waals surface area (Å²) in [6, 6.07) is 0. The molecule has 2 nitrogen and oxygen atoms in total. The van der Waals surface area contributed by atoms with Crippen LogP contribution in [0.3, 0.4) is 0 Å². The molecule has 0 saturated carbocycles. The van der Waals surface area contributed by atoms with E-state index in [0.717, 1.165) is 6.42 Å². The molecule has 0 bridgehead atoms. The summed E-state index contributed by atoms with van der Waals surface area (Å²) < 4.78 is 5.12. The zero-order valence-electron chi connectivity index (χ0n) is 5.84. The third kappa shape index (κ3) is 1.95. The van der Waals surface area contributed by atoms with Crippen molar-refractivity contribution in [1.29, 1.82) is 0 Å². The molecule has 54 valence electrons. The summed E-state index contributed by atoms with van der Waals surface area (Å²) in [6.07, 6.45) is 4.13. The summed E-state index contributed by atoms with van der Waals surface area (Å²) in [5.41, 5.74) is 0. The molecule has 0 spiro atoms. The molecular formula is C7H14O2. The average molecular weight is 130 g/mol. The molecule has 0 radical (unpaired) electrons. The number of epoxide rings is 1. The van der Waals surface area contributed by atoms with Crippen LogP contribution in [0.15, 0.2) is 0 Å². The zero-order valence-corrected chi connectivity index (χ0v) is 5.84. The van der Waals surface area contributed by atoms with Gasteiger partial charge in [-0.1, -0.05) is 19.8 Å². The molecular weight excluding hydrogens is 116 g/mol. The van der Waals surface area contributed by atoms with Crippen LogP contribution in [0.25, 0.3) is 0 Å². The highest BCUT2D eigenvalue weighted by atomic mass is 16.6. The highest BCUT2D eigenvalue weighted by Crippen LogP contribution is 2.25. The predicted molar refractivity (Wildman–Crippen MR) is 35.3 cm³/mol. The van der Waals surface area contributed by atoms with Gasteiger partial charge in [0.1, 0.15) is 6.10 Å². The van der Waals surface area contributed by atoms with Crippen molar-refractivity contribution in [3.05, 3.63) is 0 Å². The van der Waals surface area contributed by atoms with Crippen molar-refractivity contribution in [3.63, 3.8) is 0 Å². The van der Waals surface area contributed by atoms with Crippen molar-refractivity contribution in [1.82, 2.24) is 0 Å². The van der Waals surface area contributed by atoms with Crippen LogP contribution >= 0.6 is 0 Å². The van der Waals surface area contributed by atoms with Gasteiger partial charge >= 0.3 is 0 Å². The minimum Gasteiger partial charge on any atom is -0.394 e. The van der Waals surface area contributed by atoms with E-state index in [9.17, 15) is 0 Å². The van der Waals surface area contributed by atoms with E-state index in [-0.39, 0.29) is 12.7 Å². The Hall–Kier alpha value is -0.0800. The summed E-state index contributed by atoms with van der Waals surface area (Å²) >= 11 is 0. The molecule has 1 N–H and O–H groups in total. The van der Waals surface area contributed by atoms with E-state index in [0.29, 0.717) is 6.10 Å². The van der Waals surface area contributed by atoms with Gasteiger partial charge in [0.25, 0.3) is 0 Å². The summed E-state index contributed by atoms with van der Waals surface area (Å²) in [5.74, 6) is 0. The Kier molecular flexibility index (Phi) is 2.49. The van der Waals surface area contributed by atoms with Crippen LogP contribution in [0, 0.1) is 0 Å². The third-order valence-electron chi connectivity index (χ3n) is 1.71. The SMILES string of the molecule is CCCC[C@H]1O[C@@H]1CO. The van der Waals surface area contributed by atoms with Gasteiger partial charge in [0, 0.05) is 0 Å². The topological polar surface area (TPSA) is 32.8 Å². The van der Waals surface area contributed by atoms with Gasteiger partial charge in [0.15, 0.2) is 0 Å². The van der Waals surface area contributed by atoms with Gasteiger partial charge in [-0.05, 0) is 6.42 Å². The van der Waals surface area contributed by atoms with Gasteiger partial charge < -0.3 is 9.84 Å². The van der Waals surface area contributed by atoms with Gasteiger partial charge in [-0.3, -0.25) is 0 Å². The second-order valence-corrected chi connectivity index (χ2v) is 2.54. The van der Waals surface area contributed by atoms with Gasteiger partial charge in [-0.2, -0.15) is 0 Å². The molecule has 2 heteroatoms. The normalized spacial score (nSPS) is 32.7. The number of aliphatic hydroxyl groups excluding tert-OH is 1. The van der Waals surface area contributed by atoms with Crippen molar-refractivity contribution in [2.45, 2.75) is 38.4 Å². The molecule has 0 aromatic carbocycles. The molecule has 1 fully saturated rings. The molecule has 1 rings (SSSR count). The number of hydrogen-bond acceptors (Lipinski definition) is 2. The van der Waals surface area contributed by atoms with Crippen molar-refractivity contribution in [2.75, 3.05) is 6.61 Å². The Morgan fingerprint density at radius 3 is 2.67 bits per heavy atom. The van der Waals surface area contributed by atoms with Crippen LogP contribution in [-0.4, -0.2) is 23.9 Å². The standard InChI is InChI=1S/C7H14O2/c1-2-3-4-6-7(5-8)9-6/h6-8H,2-5H2,1H3/t6-,7-/m1/s1. The summed E-state index contributed by atoms with van der Waals surface area (Å²) in [7, 11) is 0. The van der Waals surface area contributed by atoms with Crippen LogP contribution in [-0.2, 0) is 4.74 Å². The minimum atomic E-state index is 0.177. The first-order chi connectivity index (χ1) is 4.38. The fourth-order valence-electron chi connectivity index (χ4n) is 0.999. The van der Waals surface area contributed by atoms with E-state index >= 15 is 0 Å². The van der Waals surface area contributed by atoms with Crippen LogP contribution < -0.4 is 0 Å². The first kappa shape index (κ1) is 7.03. The number of hydrogen-bond donors (Lipinski definition) is 1. The maximum Gasteiger partial charge on any atom is 0.107 e. The lowest BCUT2D eigenvalue weighted by atomic mass is 10.2. The minimum absolute atomic E-state index is 0.177. The smallest absolute Gasteiger partial charge is 0.107 e. The highest BCUT2D eigenvalue weighted by Gasteiger charge is 2.36. The first-order valence-electron chi connectivity index (χ1n) is 3.64. The summed E-state index contributed by atoms with van der Waals surface area (Å²) in [5, 5.41) is 8.55. The van der Waals surface area contributed by atoms with Crippen LogP contribution in [0.4, 0.5) is 0 Å². The van der Waals surface area contributed by atoms with E-state index in [2.05, 4.69) is 6.92 Å². The van der Waals surface area contributed by atoms with Gasteiger partial charge in [-0.25, -0.2) is 0 Å². The Labute approximate surface area is 55.8 Å². The lowest BCUT2D eigenvalue weighted by Gasteiger charge is -1.88. The third-order valence-corrected chi connectivity index (χ3v) is 1.71. The zero-order chi connectivity index (χ0) is 6.69. The molecule has 1 aliphatic heterocycles.